The first kappa shape index (κ1) is 26.2. The normalized spacial score (nSPS) is 15.2. The van der Waals surface area contributed by atoms with E-state index in [1.165, 1.54) is 12.1 Å². The van der Waals surface area contributed by atoms with Gasteiger partial charge in [-0.15, -0.1) is 24.0 Å². The molecule has 0 unspecified atom stereocenters. The molecule has 2 heterocycles. The molecule has 1 aromatic heterocycles. The van der Waals surface area contributed by atoms with E-state index < -0.39 is 11.6 Å². The Kier molecular flexibility index (Phi) is 10.6. The second kappa shape index (κ2) is 12.9. The van der Waals surface area contributed by atoms with Crippen LogP contribution in [0.25, 0.3) is 0 Å². The van der Waals surface area contributed by atoms with Crippen LogP contribution in [0.4, 0.5) is 14.6 Å². The van der Waals surface area contributed by atoms with Crippen molar-refractivity contribution in [3.63, 3.8) is 0 Å². The Hall–Kier alpha value is -2.01. The highest BCUT2D eigenvalue weighted by atomic mass is 127. The summed E-state index contributed by atoms with van der Waals surface area (Å²) in [6, 6.07) is 10.4. The Morgan fingerprint density at radius 3 is 2.56 bits per heavy atom. The lowest BCUT2D eigenvalue weighted by Crippen LogP contribution is -2.48. The predicted octanol–water partition coefficient (Wildman–Crippen LogP) is 3.76. The van der Waals surface area contributed by atoms with Crippen molar-refractivity contribution in [1.82, 2.24) is 20.5 Å². The summed E-state index contributed by atoms with van der Waals surface area (Å²) < 4.78 is 26.6. The third-order valence-electron chi connectivity index (χ3n) is 5.31. The van der Waals surface area contributed by atoms with Crippen LogP contribution in [0.5, 0.6) is 0 Å². The Bertz CT molecular complexity index is 885. The zero-order valence-corrected chi connectivity index (χ0v) is 21.3. The molecule has 6 nitrogen and oxygen atoms in total. The molecule has 2 aromatic rings. The van der Waals surface area contributed by atoms with Crippen LogP contribution in [-0.2, 0) is 13.1 Å². The molecule has 0 aliphatic carbocycles. The van der Waals surface area contributed by atoms with Crippen molar-refractivity contribution in [3.8, 4) is 0 Å². The van der Waals surface area contributed by atoms with E-state index in [9.17, 15) is 8.78 Å². The van der Waals surface area contributed by atoms with Gasteiger partial charge in [0.2, 0.25) is 0 Å². The standard InChI is InChI=1S/C23H32F2N6.HI/c1-4-26-23(27-15-19-6-5-7-22(28-19)30(2)3)29-18-10-12-31(13-11-18)16-17-8-9-20(24)21(25)14-17;/h5-9,14,18H,4,10-13,15-16H2,1-3H3,(H2,26,27,29);1H. The van der Waals surface area contributed by atoms with Crippen molar-refractivity contribution in [2.75, 3.05) is 38.6 Å². The molecule has 2 N–H and O–H groups in total. The third kappa shape index (κ3) is 7.84. The third-order valence-corrected chi connectivity index (χ3v) is 5.31. The number of benzene rings is 1. The summed E-state index contributed by atoms with van der Waals surface area (Å²) in [5.41, 5.74) is 1.72. The molecule has 0 spiro atoms. The molecule has 1 saturated heterocycles. The van der Waals surface area contributed by atoms with Gasteiger partial charge in [0.25, 0.3) is 0 Å². The van der Waals surface area contributed by atoms with Crippen LogP contribution in [0, 0.1) is 11.6 Å². The van der Waals surface area contributed by atoms with Crippen molar-refractivity contribution in [2.45, 2.75) is 38.9 Å². The van der Waals surface area contributed by atoms with Crippen molar-refractivity contribution >= 4 is 35.8 Å². The highest BCUT2D eigenvalue weighted by Crippen LogP contribution is 2.16. The van der Waals surface area contributed by atoms with E-state index >= 15 is 0 Å². The summed E-state index contributed by atoms with van der Waals surface area (Å²) in [4.78, 5) is 13.6. The van der Waals surface area contributed by atoms with E-state index in [4.69, 9.17) is 4.99 Å². The largest absolute Gasteiger partial charge is 0.363 e. The lowest BCUT2D eigenvalue weighted by molar-refractivity contribution is 0.198. The number of nitrogens with one attached hydrogen (secondary N) is 2. The average Bonchev–Trinajstić information content (AvgIpc) is 2.76. The fraction of sp³-hybridized carbons (Fsp3) is 0.478. The molecule has 0 amide bonds. The van der Waals surface area contributed by atoms with Gasteiger partial charge in [-0.05, 0) is 49.6 Å². The quantitative estimate of drug-likeness (QED) is 0.308. The van der Waals surface area contributed by atoms with Gasteiger partial charge in [0, 0.05) is 46.3 Å². The van der Waals surface area contributed by atoms with Crippen molar-refractivity contribution < 1.29 is 8.78 Å². The number of guanidine groups is 1. The molecular weight excluding hydrogens is 525 g/mol. The van der Waals surface area contributed by atoms with E-state index in [1.54, 1.807) is 6.07 Å². The number of hydrogen-bond donors (Lipinski definition) is 2. The first-order valence-corrected chi connectivity index (χ1v) is 10.8. The van der Waals surface area contributed by atoms with Crippen molar-refractivity contribution in [1.29, 1.82) is 0 Å². The fourth-order valence-electron chi connectivity index (χ4n) is 3.61. The molecule has 1 aromatic carbocycles. The number of pyridine rings is 1. The summed E-state index contributed by atoms with van der Waals surface area (Å²) in [5, 5.41) is 6.84. The van der Waals surface area contributed by atoms with E-state index in [1.807, 2.05) is 44.1 Å². The molecular formula is C23H33F2IN6. The van der Waals surface area contributed by atoms with Crippen LogP contribution in [0.2, 0.25) is 0 Å². The number of hydrogen-bond acceptors (Lipinski definition) is 4. The van der Waals surface area contributed by atoms with Gasteiger partial charge in [-0.1, -0.05) is 12.1 Å². The summed E-state index contributed by atoms with van der Waals surface area (Å²) in [5.74, 6) is 0.120. The van der Waals surface area contributed by atoms with Gasteiger partial charge in [-0.25, -0.2) is 18.8 Å². The number of piperidine rings is 1. The maximum atomic E-state index is 13.4. The maximum Gasteiger partial charge on any atom is 0.191 e. The van der Waals surface area contributed by atoms with Crippen LogP contribution < -0.4 is 15.5 Å². The minimum atomic E-state index is -0.800. The van der Waals surface area contributed by atoms with Crippen molar-refractivity contribution in [3.05, 3.63) is 59.3 Å². The molecule has 0 atom stereocenters. The minimum Gasteiger partial charge on any atom is -0.363 e. The first-order valence-electron chi connectivity index (χ1n) is 10.8. The fourth-order valence-corrected chi connectivity index (χ4v) is 3.61. The van der Waals surface area contributed by atoms with Crippen LogP contribution in [0.15, 0.2) is 41.4 Å². The van der Waals surface area contributed by atoms with Crippen LogP contribution >= 0.6 is 24.0 Å². The van der Waals surface area contributed by atoms with Crippen LogP contribution in [0.1, 0.15) is 31.0 Å². The molecule has 1 aliphatic rings. The Morgan fingerprint density at radius 2 is 1.91 bits per heavy atom. The Balaban J connectivity index is 0.00000363. The second-order valence-electron chi connectivity index (χ2n) is 8.02. The van der Waals surface area contributed by atoms with E-state index in [-0.39, 0.29) is 24.0 Å². The molecule has 0 saturated carbocycles. The Morgan fingerprint density at radius 1 is 1.16 bits per heavy atom. The van der Waals surface area contributed by atoms with E-state index in [2.05, 4.69) is 20.5 Å². The maximum absolute atomic E-state index is 13.4. The number of rotatable bonds is 7. The lowest BCUT2D eigenvalue weighted by Gasteiger charge is -2.33. The average molecular weight is 558 g/mol. The summed E-state index contributed by atoms with van der Waals surface area (Å²) in [6.07, 6.45) is 1.92. The monoisotopic (exact) mass is 558 g/mol. The topological polar surface area (TPSA) is 55.8 Å². The molecule has 3 rings (SSSR count). The van der Waals surface area contributed by atoms with Crippen LogP contribution in [0.3, 0.4) is 0 Å². The number of likely N-dealkylation sites (tertiary alicyclic amines) is 1. The molecule has 0 bridgehead atoms. The zero-order valence-electron chi connectivity index (χ0n) is 18.9. The minimum absolute atomic E-state index is 0. The molecule has 0 radical (unpaired) electrons. The lowest BCUT2D eigenvalue weighted by atomic mass is 10.0. The SMILES string of the molecule is CCNC(=NCc1cccc(N(C)C)n1)NC1CCN(Cc2ccc(F)c(F)c2)CC1.I. The first-order chi connectivity index (χ1) is 14.9. The summed E-state index contributed by atoms with van der Waals surface area (Å²) in [6.45, 7) is 5.75. The number of nitrogens with zero attached hydrogens (tertiary/aromatic N) is 4. The summed E-state index contributed by atoms with van der Waals surface area (Å²) in [7, 11) is 3.94. The second-order valence-corrected chi connectivity index (χ2v) is 8.02. The highest BCUT2D eigenvalue weighted by Gasteiger charge is 2.20. The van der Waals surface area contributed by atoms with Gasteiger partial charge in [-0.2, -0.15) is 0 Å². The summed E-state index contributed by atoms with van der Waals surface area (Å²) >= 11 is 0. The van der Waals surface area contributed by atoms with Crippen LogP contribution in [-0.4, -0.2) is 55.6 Å². The highest BCUT2D eigenvalue weighted by molar-refractivity contribution is 14.0. The van der Waals surface area contributed by atoms with Gasteiger partial charge in [0.1, 0.15) is 5.82 Å². The predicted molar refractivity (Wildman–Crippen MR) is 137 cm³/mol. The molecule has 32 heavy (non-hydrogen) atoms. The smallest absolute Gasteiger partial charge is 0.191 e. The molecule has 1 fully saturated rings. The van der Waals surface area contributed by atoms with Gasteiger partial charge in [0.05, 0.1) is 12.2 Å². The van der Waals surface area contributed by atoms with E-state index in [0.717, 1.165) is 55.5 Å². The van der Waals surface area contributed by atoms with Gasteiger partial charge < -0.3 is 15.5 Å². The number of halogens is 3. The molecule has 176 valence electrons. The molecule has 9 heteroatoms. The molecule has 1 aliphatic heterocycles. The number of anilines is 1. The van der Waals surface area contributed by atoms with Gasteiger partial charge in [0.15, 0.2) is 17.6 Å². The number of aromatic nitrogens is 1. The van der Waals surface area contributed by atoms with E-state index in [0.29, 0.717) is 19.1 Å². The van der Waals surface area contributed by atoms with Gasteiger partial charge in [-0.3, -0.25) is 4.90 Å². The van der Waals surface area contributed by atoms with Gasteiger partial charge >= 0.3 is 0 Å². The van der Waals surface area contributed by atoms with Crippen molar-refractivity contribution in [2.24, 2.45) is 4.99 Å². The number of aliphatic imine (C=N–C) groups is 1. The zero-order chi connectivity index (χ0) is 22.2. The Labute approximate surface area is 206 Å².